The zero-order chi connectivity index (χ0) is 9.02. The van der Waals surface area contributed by atoms with Crippen LogP contribution in [0.2, 0.25) is 0 Å². The average Bonchev–Trinajstić information content (AvgIpc) is 1.84. The molecule has 0 aromatic carbocycles. The van der Waals surface area contributed by atoms with Gasteiger partial charge in [0.2, 0.25) is 0 Å². The molecule has 0 bridgehead atoms. The summed E-state index contributed by atoms with van der Waals surface area (Å²) in [6.45, 7) is 7.70. The van der Waals surface area contributed by atoms with Crippen LogP contribution in [0.5, 0.6) is 0 Å². The molecular weight excluding hydrogens is 140 g/mol. The zero-order valence-corrected chi connectivity index (χ0v) is 7.91. The summed E-state index contributed by atoms with van der Waals surface area (Å²) in [7, 11) is 0. The van der Waals surface area contributed by atoms with E-state index in [1.165, 1.54) is 0 Å². The van der Waals surface area contributed by atoms with Crippen molar-refractivity contribution in [3.63, 3.8) is 0 Å². The first-order chi connectivity index (χ1) is 4.95. The average molecular weight is 160 g/mol. The molecule has 0 saturated carbocycles. The molecule has 11 heavy (non-hydrogen) atoms. The zero-order valence-electron chi connectivity index (χ0n) is 7.91. The molecule has 0 radical (unpaired) electrons. The second-order valence-electron chi connectivity index (χ2n) is 3.80. The summed E-state index contributed by atoms with van der Waals surface area (Å²) in [5.41, 5.74) is 0. The van der Waals surface area contributed by atoms with E-state index in [9.17, 15) is 5.11 Å². The normalized spacial score (nSPS) is 19.9. The summed E-state index contributed by atoms with van der Waals surface area (Å²) >= 11 is 0. The Hall–Kier alpha value is -0.0800. The lowest BCUT2D eigenvalue weighted by molar-refractivity contribution is 0.0445. The van der Waals surface area contributed by atoms with Crippen molar-refractivity contribution in [2.45, 2.75) is 46.3 Å². The molecule has 0 saturated heterocycles. The Labute approximate surface area is 69.2 Å². The Morgan fingerprint density at radius 2 is 1.45 bits per heavy atom. The van der Waals surface area contributed by atoms with Gasteiger partial charge in [0.05, 0.1) is 12.2 Å². The maximum Gasteiger partial charge on any atom is 0.0589 e. The Morgan fingerprint density at radius 1 is 1.00 bits per heavy atom. The van der Waals surface area contributed by atoms with Crippen LogP contribution in [-0.2, 0) is 0 Å². The molecule has 2 N–H and O–H groups in total. The van der Waals surface area contributed by atoms with Crippen LogP contribution in [0.4, 0.5) is 0 Å². The molecule has 0 heterocycles. The fourth-order valence-electron chi connectivity index (χ4n) is 1.33. The van der Waals surface area contributed by atoms with E-state index in [0.717, 1.165) is 0 Å². The summed E-state index contributed by atoms with van der Waals surface area (Å²) < 4.78 is 0. The van der Waals surface area contributed by atoms with E-state index in [4.69, 9.17) is 5.11 Å². The summed E-state index contributed by atoms with van der Waals surface area (Å²) in [4.78, 5) is 0. The van der Waals surface area contributed by atoms with Gasteiger partial charge < -0.3 is 10.2 Å². The lowest BCUT2D eigenvalue weighted by Crippen LogP contribution is -2.26. The lowest BCUT2D eigenvalue weighted by atomic mass is 9.91. The van der Waals surface area contributed by atoms with Crippen molar-refractivity contribution < 1.29 is 10.2 Å². The fourth-order valence-corrected chi connectivity index (χ4v) is 1.33. The van der Waals surface area contributed by atoms with Crippen LogP contribution in [0, 0.1) is 11.8 Å². The number of aliphatic hydroxyl groups is 2. The third-order valence-corrected chi connectivity index (χ3v) is 1.98. The van der Waals surface area contributed by atoms with E-state index in [2.05, 4.69) is 0 Å². The minimum absolute atomic E-state index is 0.190. The van der Waals surface area contributed by atoms with Crippen LogP contribution in [-0.4, -0.2) is 22.4 Å². The van der Waals surface area contributed by atoms with Gasteiger partial charge in [-0.25, -0.2) is 0 Å². The van der Waals surface area contributed by atoms with Gasteiger partial charge in [0.15, 0.2) is 0 Å². The molecule has 0 aliphatic carbocycles. The largest absolute Gasteiger partial charge is 0.393 e. The molecule has 3 unspecified atom stereocenters. The van der Waals surface area contributed by atoms with Gasteiger partial charge in [0.25, 0.3) is 0 Å². The van der Waals surface area contributed by atoms with Crippen molar-refractivity contribution in [2.24, 2.45) is 11.8 Å². The molecule has 0 aliphatic rings. The summed E-state index contributed by atoms with van der Waals surface area (Å²) in [6, 6.07) is 0. The monoisotopic (exact) mass is 160 g/mol. The highest BCUT2D eigenvalue weighted by atomic mass is 16.3. The Bertz CT molecular complexity index is 99.7. The molecule has 68 valence electrons. The van der Waals surface area contributed by atoms with Gasteiger partial charge in [-0.1, -0.05) is 20.8 Å². The highest BCUT2D eigenvalue weighted by Crippen LogP contribution is 2.16. The minimum atomic E-state index is -0.307. The molecule has 0 amide bonds. The van der Waals surface area contributed by atoms with Crippen LogP contribution < -0.4 is 0 Å². The van der Waals surface area contributed by atoms with Gasteiger partial charge in [-0.15, -0.1) is 0 Å². The third kappa shape index (κ3) is 4.38. The molecular formula is C9H20O2. The van der Waals surface area contributed by atoms with Gasteiger partial charge in [0, 0.05) is 0 Å². The van der Waals surface area contributed by atoms with Crippen LogP contribution in [0.15, 0.2) is 0 Å². The van der Waals surface area contributed by atoms with Crippen LogP contribution >= 0.6 is 0 Å². The van der Waals surface area contributed by atoms with Gasteiger partial charge in [0.1, 0.15) is 0 Å². The Kier molecular flexibility index (Phi) is 4.69. The Morgan fingerprint density at radius 3 is 1.73 bits per heavy atom. The SMILES string of the molecule is CC(O)CC(C)C(O)C(C)C. The smallest absolute Gasteiger partial charge is 0.0589 e. The van der Waals surface area contributed by atoms with Crippen LogP contribution in [0.25, 0.3) is 0 Å². The molecule has 0 spiro atoms. The van der Waals surface area contributed by atoms with E-state index in [1.54, 1.807) is 6.92 Å². The van der Waals surface area contributed by atoms with E-state index in [0.29, 0.717) is 6.42 Å². The maximum atomic E-state index is 9.53. The maximum absolute atomic E-state index is 9.53. The van der Waals surface area contributed by atoms with Crippen molar-refractivity contribution >= 4 is 0 Å². The van der Waals surface area contributed by atoms with Crippen molar-refractivity contribution in [3.05, 3.63) is 0 Å². The second-order valence-corrected chi connectivity index (χ2v) is 3.80. The summed E-state index contributed by atoms with van der Waals surface area (Å²) in [5.74, 6) is 0.471. The first kappa shape index (κ1) is 10.9. The topological polar surface area (TPSA) is 40.5 Å². The lowest BCUT2D eigenvalue weighted by Gasteiger charge is -2.22. The predicted molar refractivity (Wildman–Crippen MR) is 46.3 cm³/mol. The van der Waals surface area contributed by atoms with Crippen LogP contribution in [0.3, 0.4) is 0 Å². The van der Waals surface area contributed by atoms with Crippen molar-refractivity contribution in [1.82, 2.24) is 0 Å². The molecule has 2 heteroatoms. The summed E-state index contributed by atoms with van der Waals surface area (Å²) in [6.07, 6.45) is 0.0855. The Balaban J connectivity index is 3.73. The van der Waals surface area contributed by atoms with Gasteiger partial charge in [-0.05, 0) is 25.2 Å². The molecule has 3 atom stereocenters. The van der Waals surface area contributed by atoms with E-state index >= 15 is 0 Å². The van der Waals surface area contributed by atoms with Crippen molar-refractivity contribution in [1.29, 1.82) is 0 Å². The number of hydrogen-bond acceptors (Lipinski definition) is 2. The number of rotatable bonds is 4. The fraction of sp³-hybridized carbons (Fsp3) is 1.00. The van der Waals surface area contributed by atoms with Gasteiger partial charge in [-0.3, -0.25) is 0 Å². The first-order valence-electron chi connectivity index (χ1n) is 4.31. The minimum Gasteiger partial charge on any atom is -0.393 e. The molecule has 0 rings (SSSR count). The van der Waals surface area contributed by atoms with Crippen molar-refractivity contribution in [2.75, 3.05) is 0 Å². The van der Waals surface area contributed by atoms with E-state index in [-0.39, 0.29) is 24.0 Å². The number of hydrogen-bond donors (Lipinski definition) is 2. The molecule has 0 fully saturated rings. The first-order valence-corrected chi connectivity index (χ1v) is 4.31. The van der Waals surface area contributed by atoms with Gasteiger partial charge in [-0.2, -0.15) is 0 Å². The predicted octanol–water partition coefficient (Wildman–Crippen LogP) is 1.41. The quantitative estimate of drug-likeness (QED) is 0.653. The molecule has 0 aromatic rings. The summed E-state index contributed by atoms with van der Waals surface area (Å²) in [5, 5.41) is 18.6. The number of aliphatic hydroxyl groups excluding tert-OH is 2. The highest BCUT2D eigenvalue weighted by Gasteiger charge is 2.18. The standard InChI is InChI=1S/C9H20O2/c1-6(2)9(11)7(3)5-8(4)10/h6-11H,5H2,1-4H3. The molecule has 2 nitrogen and oxygen atoms in total. The van der Waals surface area contributed by atoms with E-state index in [1.807, 2.05) is 20.8 Å². The van der Waals surface area contributed by atoms with Gasteiger partial charge >= 0.3 is 0 Å². The van der Waals surface area contributed by atoms with E-state index < -0.39 is 0 Å². The molecule has 0 aliphatic heterocycles. The van der Waals surface area contributed by atoms with Crippen molar-refractivity contribution in [3.8, 4) is 0 Å². The highest BCUT2D eigenvalue weighted by molar-refractivity contribution is 4.69. The third-order valence-electron chi connectivity index (χ3n) is 1.98. The van der Waals surface area contributed by atoms with Crippen LogP contribution in [0.1, 0.15) is 34.1 Å². The molecule has 0 aromatic heterocycles. The second kappa shape index (κ2) is 4.73.